The lowest BCUT2D eigenvalue weighted by atomic mass is 10.0. The summed E-state index contributed by atoms with van der Waals surface area (Å²) in [7, 11) is 0. The van der Waals surface area contributed by atoms with Gasteiger partial charge < -0.3 is 20.9 Å². The van der Waals surface area contributed by atoms with Gasteiger partial charge in [0.15, 0.2) is 0 Å². The summed E-state index contributed by atoms with van der Waals surface area (Å²) in [5.41, 5.74) is 9.17. The molecule has 0 aliphatic rings. The molecule has 0 radical (unpaired) electrons. The molecule has 24 heavy (non-hydrogen) atoms. The second kappa shape index (κ2) is 11.8. The molecule has 1 rings (SSSR count). The fraction of sp³-hybridized carbons (Fsp3) is 0.529. The van der Waals surface area contributed by atoms with Gasteiger partial charge >= 0.3 is 11.9 Å². The lowest BCUT2D eigenvalue weighted by molar-refractivity contribution is -0.143. The maximum atomic E-state index is 11.8. The second-order valence-electron chi connectivity index (χ2n) is 5.38. The summed E-state index contributed by atoms with van der Waals surface area (Å²) in [6.07, 6.45) is 1.99. The number of nitrogens with one attached hydrogen (secondary N) is 1. The van der Waals surface area contributed by atoms with E-state index in [1.54, 1.807) is 11.8 Å². The molecule has 0 aromatic heterocycles. The summed E-state index contributed by atoms with van der Waals surface area (Å²) in [4.78, 5) is 21.1. The molecule has 7 heteroatoms. The summed E-state index contributed by atoms with van der Waals surface area (Å²) < 4.78 is 5.19. The Bertz CT molecular complexity index is 550. The summed E-state index contributed by atoms with van der Waals surface area (Å²) in [6.45, 7) is 8.22. The lowest BCUT2D eigenvalue weighted by Gasteiger charge is -2.18. The number of thioether (sulfide) groups is 1. The quantitative estimate of drug-likeness (QED) is 0.509. The van der Waals surface area contributed by atoms with E-state index in [0.29, 0.717) is 6.61 Å². The fourth-order valence-electron chi connectivity index (χ4n) is 1.83. The molecule has 1 atom stereocenters. The number of nitrogens with two attached hydrogens (primary N) is 1. The smallest absolute Gasteiger partial charge is 0.328 e. The van der Waals surface area contributed by atoms with Crippen LogP contribution in [0.25, 0.3) is 0 Å². The number of benzene rings is 1. The van der Waals surface area contributed by atoms with Gasteiger partial charge in [0.1, 0.15) is 12.6 Å². The number of anilines is 1. The van der Waals surface area contributed by atoms with Gasteiger partial charge in [-0.05, 0) is 56.7 Å². The van der Waals surface area contributed by atoms with Crippen molar-refractivity contribution in [3.05, 3.63) is 28.8 Å². The van der Waals surface area contributed by atoms with Crippen molar-refractivity contribution in [1.29, 1.82) is 0 Å². The number of carboxylic acids is 1. The molecule has 0 fully saturated rings. The first-order chi connectivity index (χ1) is 11.2. The van der Waals surface area contributed by atoms with Crippen molar-refractivity contribution in [1.82, 2.24) is 0 Å². The highest BCUT2D eigenvalue weighted by atomic mass is 32.2. The third-order valence-electron chi connectivity index (χ3n) is 3.24. The van der Waals surface area contributed by atoms with E-state index in [9.17, 15) is 9.59 Å². The first-order valence-electron chi connectivity index (χ1n) is 7.64. The van der Waals surface area contributed by atoms with Crippen LogP contribution in [0.3, 0.4) is 0 Å². The van der Waals surface area contributed by atoms with E-state index in [1.807, 2.05) is 13.2 Å². The Kier molecular flexibility index (Phi) is 10.9. The zero-order valence-electron chi connectivity index (χ0n) is 15.0. The number of hydrogen-bond acceptors (Lipinski definition) is 6. The topological polar surface area (TPSA) is 102 Å². The largest absolute Gasteiger partial charge is 0.480 e. The molecule has 6 nitrogen and oxygen atoms in total. The van der Waals surface area contributed by atoms with Crippen LogP contribution in [0.15, 0.2) is 12.1 Å². The van der Waals surface area contributed by atoms with Gasteiger partial charge in [-0.2, -0.15) is 11.8 Å². The van der Waals surface area contributed by atoms with Gasteiger partial charge in [-0.3, -0.25) is 4.79 Å². The zero-order chi connectivity index (χ0) is 18.7. The molecule has 0 aliphatic carbocycles. The molecular formula is C17H28N2O4S. The summed E-state index contributed by atoms with van der Waals surface area (Å²) in [5, 5.41) is 10.8. The Morgan fingerprint density at radius 3 is 2.42 bits per heavy atom. The van der Waals surface area contributed by atoms with Crippen molar-refractivity contribution in [3.8, 4) is 0 Å². The molecule has 1 aromatic carbocycles. The molecule has 0 amide bonds. The minimum absolute atomic E-state index is 0.201. The van der Waals surface area contributed by atoms with Crippen LogP contribution >= 0.6 is 11.8 Å². The number of carbonyl (C=O) groups is 2. The van der Waals surface area contributed by atoms with Crippen LogP contribution in [0.4, 0.5) is 5.69 Å². The fourth-order valence-corrected chi connectivity index (χ4v) is 2.08. The van der Waals surface area contributed by atoms with E-state index in [-0.39, 0.29) is 18.6 Å². The van der Waals surface area contributed by atoms with Crippen molar-refractivity contribution in [2.24, 2.45) is 5.73 Å². The Balaban J connectivity index is 0.000000922. The average molecular weight is 356 g/mol. The van der Waals surface area contributed by atoms with Crippen molar-refractivity contribution < 1.29 is 19.4 Å². The van der Waals surface area contributed by atoms with Gasteiger partial charge in [-0.1, -0.05) is 6.07 Å². The Morgan fingerprint density at radius 1 is 1.33 bits per heavy atom. The predicted molar refractivity (Wildman–Crippen MR) is 99.8 cm³/mol. The zero-order valence-corrected chi connectivity index (χ0v) is 15.8. The SMILES string of the molecule is CSCCOC(=O)[C@H](C)Nc1cc(C)cc(C)c1C.NCC(=O)O. The van der Waals surface area contributed by atoms with Crippen LogP contribution in [0, 0.1) is 20.8 Å². The molecule has 1 aromatic rings. The molecule has 0 heterocycles. The number of esters is 1. The first kappa shape index (κ1) is 22.3. The highest BCUT2D eigenvalue weighted by Crippen LogP contribution is 2.21. The molecule has 0 unspecified atom stereocenters. The van der Waals surface area contributed by atoms with Gasteiger partial charge in [0, 0.05) is 11.4 Å². The highest BCUT2D eigenvalue weighted by molar-refractivity contribution is 7.98. The number of carboxylic acid groups (broad SMARTS) is 1. The molecule has 136 valence electrons. The summed E-state index contributed by atoms with van der Waals surface area (Å²) in [6, 6.07) is 3.87. The normalized spacial score (nSPS) is 11.1. The Labute approximate surface area is 148 Å². The van der Waals surface area contributed by atoms with E-state index in [2.05, 4.69) is 44.0 Å². The molecule has 0 saturated heterocycles. The molecular weight excluding hydrogens is 328 g/mol. The van der Waals surface area contributed by atoms with Crippen LogP contribution in [0.2, 0.25) is 0 Å². The lowest BCUT2D eigenvalue weighted by Crippen LogP contribution is -2.29. The highest BCUT2D eigenvalue weighted by Gasteiger charge is 2.15. The van der Waals surface area contributed by atoms with E-state index >= 15 is 0 Å². The van der Waals surface area contributed by atoms with Crippen molar-refractivity contribution >= 4 is 29.4 Å². The second-order valence-corrected chi connectivity index (χ2v) is 6.36. The monoisotopic (exact) mass is 356 g/mol. The molecule has 4 N–H and O–H groups in total. The van der Waals surface area contributed by atoms with Gasteiger partial charge in [-0.25, -0.2) is 4.79 Å². The van der Waals surface area contributed by atoms with E-state index in [4.69, 9.17) is 9.84 Å². The van der Waals surface area contributed by atoms with Crippen LogP contribution in [-0.2, 0) is 14.3 Å². The third-order valence-corrected chi connectivity index (χ3v) is 3.82. The predicted octanol–water partition coefficient (Wildman–Crippen LogP) is 2.35. The standard InChI is InChI=1S/C15H23NO2S.C2H5NO2/c1-10-8-11(2)12(3)14(9-10)16-13(4)15(17)18-6-7-19-5;3-1-2(4)5/h8-9,13,16H,6-7H2,1-5H3;1,3H2,(H,4,5)/t13-;/m0./s1. The Morgan fingerprint density at radius 2 is 1.92 bits per heavy atom. The minimum atomic E-state index is -0.968. The number of ether oxygens (including phenoxy) is 1. The minimum Gasteiger partial charge on any atom is -0.480 e. The Hall–Kier alpha value is -1.73. The number of hydrogen-bond donors (Lipinski definition) is 3. The van der Waals surface area contributed by atoms with Crippen molar-refractivity contribution in [2.45, 2.75) is 33.7 Å². The molecule has 0 aliphatic heterocycles. The van der Waals surface area contributed by atoms with E-state index in [1.165, 1.54) is 16.7 Å². The number of carbonyl (C=O) groups excluding carboxylic acids is 1. The maximum absolute atomic E-state index is 11.8. The van der Waals surface area contributed by atoms with E-state index in [0.717, 1.165) is 11.4 Å². The van der Waals surface area contributed by atoms with Crippen LogP contribution in [0.5, 0.6) is 0 Å². The van der Waals surface area contributed by atoms with Gasteiger partial charge in [-0.15, -0.1) is 0 Å². The van der Waals surface area contributed by atoms with Gasteiger partial charge in [0.05, 0.1) is 6.54 Å². The molecule has 0 spiro atoms. The van der Waals surface area contributed by atoms with Crippen molar-refractivity contribution in [3.63, 3.8) is 0 Å². The summed E-state index contributed by atoms with van der Waals surface area (Å²) >= 11 is 1.67. The average Bonchev–Trinajstić information content (AvgIpc) is 2.52. The van der Waals surface area contributed by atoms with Crippen LogP contribution in [0.1, 0.15) is 23.6 Å². The van der Waals surface area contributed by atoms with Crippen LogP contribution < -0.4 is 11.1 Å². The molecule has 0 bridgehead atoms. The summed E-state index contributed by atoms with van der Waals surface area (Å²) in [5.74, 6) is -0.335. The van der Waals surface area contributed by atoms with Crippen molar-refractivity contribution in [2.75, 3.05) is 30.5 Å². The van der Waals surface area contributed by atoms with E-state index < -0.39 is 5.97 Å². The van der Waals surface area contributed by atoms with Crippen LogP contribution in [-0.4, -0.2) is 48.2 Å². The number of aryl methyl sites for hydroxylation is 2. The molecule has 0 saturated carbocycles. The first-order valence-corrected chi connectivity index (χ1v) is 9.04. The maximum Gasteiger partial charge on any atom is 0.328 e. The van der Waals surface area contributed by atoms with Gasteiger partial charge in [0.2, 0.25) is 0 Å². The van der Waals surface area contributed by atoms with Gasteiger partial charge in [0.25, 0.3) is 0 Å². The number of aliphatic carboxylic acids is 1. The number of rotatable bonds is 7. The third kappa shape index (κ3) is 8.79.